The molecule has 0 aliphatic rings. The summed E-state index contributed by atoms with van der Waals surface area (Å²) in [6.45, 7) is 0.290. The van der Waals surface area contributed by atoms with Gasteiger partial charge >= 0.3 is 6.18 Å². The van der Waals surface area contributed by atoms with Crippen LogP contribution >= 0.6 is 11.6 Å². The van der Waals surface area contributed by atoms with Crippen LogP contribution in [0.4, 0.5) is 13.2 Å². The van der Waals surface area contributed by atoms with Crippen LogP contribution in [0.1, 0.15) is 22.9 Å². The molecular weight excluding hydrogens is 369 g/mol. The molecule has 1 unspecified atom stereocenters. The van der Waals surface area contributed by atoms with Gasteiger partial charge in [0.15, 0.2) is 0 Å². The Morgan fingerprint density at radius 1 is 1.35 bits per heavy atom. The Morgan fingerprint density at radius 3 is 2.65 bits per heavy atom. The zero-order chi connectivity index (χ0) is 19.3. The van der Waals surface area contributed by atoms with Crippen molar-refractivity contribution in [3.8, 4) is 0 Å². The molecule has 4 nitrogen and oxygen atoms in total. The van der Waals surface area contributed by atoms with Crippen LogP contribution < -0.4 is 5.32 Å². The van der Waals surface area contributed by atoms with Crippen molar-refractivity contribution in [2.75, 3.05) is 20.6 Å². The van der Waals surface area contributed by atoms with Crippen molar-refractivity contribution >= 4 is 23.6 Å². The molecule has 0 saturated carbocycles. The fourth-order valence-corrected chi connectivity index (χ4v) is 2.54. The maximum Gasteiger partial charge on any atom is 0.417 e. The molecule has 0 aliphatic carbocycles. The van der Waals surface area contributed by atoms with Crippen molar-refractivity contribution < 1.29 is 22.4 Å². The number of halogens is 4. The van der Waals surface area contributed by atoms with Gasteiger partial charge in [-0.3, -0.25) is 9.69 Å². The average molecular weight is 387 g/mol. The second kappa shape index (κ2) is 8.42. The Hall–Kier alpha value is -2.25. The summed E-state index contributed by atoms with van der Waals surface area (Å²) < 4.78 is 43.9. The quantitative estimate of drug-likeness (QED) is 0.749. The van der Waals surface area contributed by atoms with E-state index in [0.717, 1.165) is 12.1 Å². The first-order valence-corrected chi connectivity index (χ1v) is 8.09. The van der Waals surface area contributed by atoms with Gasteiger partial charge in [0.2, 0.25) is 5.91 Å². The van der Waals surface area contributed by atoms with E-state index in [-0.39, 0.29) is 23.2 Å². The molecule has 0 saturated heterocycles. The second-order valence-corrected chi connectivity index (χ2v) is 6.22. The van der Waals surface area contributed by atoms with E-state index in [4.69, 9.17) is 16.0 Å². The number of hydrogen-bond acceptors (Lipinski definition) is 3. The zero-order valence-corrected chi connectivity index (χ0v) is 14.9. The molecule has 1 N–H and O–H groups in total. The molecule has 2 rings (SSSR count). The van der Waals surface area contributed by atoms with E-state index < -0.39 is 17.6 Å². The first kappa shape index (κ1) is 20.1. The molecule has 1 aromatic carbocycles. The summed E-state index contributed by atoms with van der Waals surface area (Å²) in [6, 6.07) is 6.87. The molecule has 1 aromatic heterocycles. The Bertz CT molecular complexity index is 771. The highest BCUT2D eigenvalue weighted by atomic mass is 35.5. The lowest BCUT2D eigenvalue weighted by Gasteiger charge is -2.22. The van der Waals surface area contributed by atoms with Crippen LogP contribution in [0.15, 0.2) is 47.1 Å². The number of nitrogens with zero attached hydrogens (tertiary/aromatic N) is 1. The van der Waals surface area contributed by atoms with Crippen molar-refractivity contribution in [2.45, 2.75) is 12.2 Å². The highest BCUT2D eigenvalue weighted by Crippen LogP contribution is 2.35. The summed E-state index contributed by atoms with van der Waals surface area (Å²) in [6.07, 6.45) is -0.520. The maximum atomic E-state index is 12.8. The number of nitrogens with one attached hydrogen (secondary N) is 1. The third-order valence-electron chi connectivity index (χ3n) is 3.69. The van der Waals surface area contributed by atoms with Crippen molar-refractivity contribution in [3.63, 3.8) is 0 Å². The predicted molar refractivity (Wildman–Crippen MR) is 93.6 cm³/mol. The van der Waals surface area contributed by atoms with Crippen LogP contribution in [0.25, 0.3) is 6.08 Å². The number of alkyl halides is 3. The highest BCUT2D eigenvalue weighted by molar-refractivity contribution is 6.31. The number of benzene rings is 1. The van der Waals surface area contributed by atoms with Crippen LogP contribution in [0, 0.1) is 0 Å². The second-order valence-electron chi connectivity index (χ2n) is 5.81. The van der Waals surface area contributed by atoms with Gasteiger partial charge in [0, 0.05) is 12.6 Å². The molecular formula is C18H18ClF3N2O2. The lowest BCUT2D eigenvalue weighted by molar-refractivity contribution is -0.137. The number of carbonyl (C=O) groups excluding carboxylic acids is 1. The van der Waals surface area contributed by atoms with Crippen LogP contribution in [0.5, 0.6) is 0 Å². The van der Waals surface area contributed by atoms with Crippen molar-refractivity contribution in [3.05, 3.63) is 64.6 Å². The third-order valence-corrected chi connectivity index (χ3v) is 4.02. The van der Waals surface area contributed by atoms with Gasteiger partial charge in [-0.05, 0) is 50.0 Å². The summed E-state index contributed by atoms with van der Waals surface area (Å²) in [5.74, 6) is 0.277. The molecule has 2 aromatic rings. The number of hydrogen-bond donors (Lipinski definition) is 1. The number of likely N-dealkylation sites (N-methyl/N-ethyl adjacent to an activating group) is 1. The zero-order valence-electron chi connectivity index (χ0n) is 14.2. The van der Waals surface area contributed by atoms with Gasteiger partial charge in [0.1, 0.15) is 5.76 Å². The molecule has 1 atom stereocenters. The minimum absolute atomic E-state index is 0.158. The van der Waals surface area contributed by atoms with Gasteiger partial charge in [-0.1, -0.05) is 17.7 Å². The van der Waals surface area contributed by atoms with Gasteiger partial charge in [-0.25, -0.2) is 0 Å². The monoisotopic (exact) mass is 386 g/mol. The molecule has 0 aliphatic heterocycles. The first-order valence-electron chi connectivity index (χ1n) is 7.71. The van der Waals surface area contributed by atoms with Crippen molar-refractivity contribution in [2.24, 2.45) is 0 Å². The lowest BCUT2D eigenvalue weighted by Crippen LogP contribution is -2.33. The topological polar surface area (TPSA) is 45.5 Å². The molecule has 140 valence electrons. The fourth-order valence-electron chi connectivity index (χ4n) is 2.31. The molecule has 8 heteroatoms. The predicted octanol–water partition coefficient (Wildman–Crippen LogP) is 4.38. The maximum absolute atomic E-state index is 12.8. The summed E-state index contributed by atoms with van der Waals surface area (Å²) >= 11 is 5.57. The van der Waals surface area contributed by atoms with E-state index in [2.05, 4.69) is 5.32 Å². The number of furan rings is 1. The van der Waals surface area contributed by atoms with Crippen LogP contribution in [0.3, 0.4) is 0 Å². The SMILES string of the molecule is CN(C)C(CNC(=O)/C=C/c1ccc(Cl)c(C(F)(F)F)c1)c1ccco1. The minimum atomic E-state index is -4.55. The Balaban J connectivity index is 2.01. The summed E-state index contributed by atoms with van der Waals surface area (Å²) in [4.78, 5) is 13.9. The lowest BCUT2D eigenvalue weighted by atomic mass is 10.1. The van der Waals surface area contributed by atoms with Crippen LogP contribution in [-0.4, -0.2) is 31.4 Å². The number of amides is 1. The Labute approximate surface area is 154 Å². The minimum Gasteiger partial charge on any atom is -0.468 e. The molecule has 0 bridgehead atoms. The molecule has 0 radical (unpaired) electrons. The smallest absolute Gasteiger partial charge is 0.417 e. The average Bonchev–Trinajstić information content (AvgIpc) is 3.07. The molecule has 1 heterocycles. The van der Waals surface area contributed by atoms with Gasteiger partial charge in [0.05, 0.1) is 22.9 Å². The number of rotatable bonds is 6. The normalized spacial score (nSPS) is 13.3. The van der Waals surface area contributed by atoms with E-state index in [0.29, 0.717) is 5.76 Å². The largest absolute Gasteiger partial charge is 0.468 e. The third kappa shape index (κ3) is 5.37. The fraction of sp³-hybridized carbons (Fsp3) is 0.278. The van der Waals surface area contributed by atoms with Gasteiger partial charge < -0.3 is 9.73 Å². The van der Waals surface area contributed by atoms with E-state index in [1.165, 1.54) is 18.2 Å². The molecule has 0 spiro atoms. The molecule has 26 heavy (non-hydrogen) atoms. The van der Waals surface area contributed by atoms with Gasteiger partial charge in [-0.15, -0.1) is 0 Å². The van der Waals surface area contributed by atoms with Crippen LogP contribution in [-0.2, 0) is 11.0 Å². The standard InChI is InChI=1S/C18H18ClF3N2O2/c1-24(2)15(16-4-3-9-26-16)11-23-17(25)8-6-12-5-7-14(19)13(10-12)18(20,21)22/h3-10,15H,11H2,1-2H3,(H,23,25)/b8-6+. The summed E-state index contributed by atoms with van der Waals surface area (Å²) in [7, 11) is 3.70. The number of carbonyl (C=O) groups is 1. The van der Waals surface area contributed by atoms with E-state index in [9.17, 15) is 18.0 Å². The van der Waals surface area contributed by atoms with Gasteiger partial charge in [0.25, 0.3) is 0 Å². The molecule has 1 amide bonds. The van der Waals surface area contributed by atoms with Gasteiger partial charge in [-0.2, -0.15) is 13.2 Å². The van der Waals surface area contributed by atoms with Crippen LogP contribution in [0.2, 0.25) is 5.02 Å². The first-order chi connectivity index (χ1) is 12.2. The van der Waals surface area contributed by atoms with E-state index in [1.807, 2.05) is 19.0 Å². The van der Waals surface area contributed by atoms with Crippen molar-refractivity contribution in [1.29, 1.82) is 0 Å². The van der Waals surface area contributed by atoms with Crippen molar-refractivity contribution in [1.82, 2.24) is 10.2 Å². The summed E-state index contributed by atoms with van der Waals surface area (Å²) in [5.41, 5.74) is -0.709. The highest BCUT2D eigenvalue weighted by Gasteiger charge is 2.33. The van der Waals surface area contributed by atoms with E-state index >= 15 is 0 Å². The van der Waals surface area contributed by atoms with E-state index in [1.54, 1.807) is 18.4 Å². The Kier molecular flexibility index (Phi) is 6.50. The summed E-state index contributed by atoms with van der Waals surface area (Å²) in [5, 5.41) is 2.32. The molecule has 0 fully saturated rings. The Morgan fingerprint density at radius 2 is 2.08 bits per heavy atom.